The zero-order valence-electron chi connectivity index (χ0n) is 10.8. The standard InChI is InChI=1S/C13H24O3/c1-12(2)7-5-9(6-8-12)13(3,4)10(14)11(15)16/h9-10,14H,5-8H2,1-4H3,(H,15,16). The van der Waals surface area contributed by atoms with Gasteiger partial charge < -0.3 is 10.2 Å². The smallest absolute Gasteiger partial charge is 0.333 e. The van der Waals surface area contributed by atoms with Crippen molar-refractivity contribution in [3.8, 4) is 0 Å². The second kappa shape index (κ2) is 4.36. The van der Waals surface area contributed by atoms with Gasteiger partial charge in [0.25, 0.3) is 0 Å². The van der Waals surface area contributed by atoms with Crippen molar-refractivity contribution in [1.82, 2.24) is 0 Å². The van der Waals surface area contributed by atoms with Gasteiger partial charge in [0.2, 0.25) is 0 Å². The lowest BCUT2D eigenvalue weighted by Gasteiger charge is -2.43. The zero-order chi connectivity index (χ0) is 12.6. The van der Waals surface area contributed by atoms with Crippen LogP contribution in [0.5, 0.6) is 0 Å². The van der Waals surface area contributed by atoms with Gasteiger partial charge in [-0.3, -0.25) is 0 Å². The van der Waals surface area contributed by atoms with Gasteiger partial charge in [0.05, 0.1) is 0 Å². The molecule has 1 unspecified atom stereocenters. The van der Waals surface area contributed by atoms with Crippen molar-refractivity contribution in [3.63, 3.8) is 0 Å². The molecule has 0 radical (unpaired) electrons. The summed E-state index contributed by atoms with van der Waals surface area (Å²) in [5.74, 6) is -0.790. The molecule has 2 N–H and O–H groups in total. The minimum atomic E-state index is -1.25. The molecule has 1 aliphatic carbocycles. The van der Waals surface area contributed by atoms with E-state index in [-0.39, 0.29) is 0 Å². The summed E-state index contributed by atoms with van der Waals surface area (Å²) in [6.07, 6.45) is 3.02. The average Bonchev–Trinajstić information content (AvgIpc) is 2.15. The molecule has 0 aromatic heterocycles. The fourth-order valence-electron chi connectivity index (χ4n) is 2.68. The van der Waals surface area contributed by atoms with Crippen LogP contribution in [0.15, 0.2) is 0 Å². The zero-order valence-corrected chi connectivity index (χ0v) is 10.8. The number of hydrogen-bond acceptors (Lipinski definition) is 2. The van der Waals surface area contributed by atoms with Crippen molar-refractivity contribution in [3.05, 3.63) is 0 Å². The molecule has 3 heteroatoms. The molecule has 0 aliphatic heterocycles. The first-order valence-electron chi connectivity index (χ1n) is 6.08. The summed E-state index contributed by atoms with van der Waals surface area (Å²) in [5.41, 5.74) is -0.150. The summed E-state index contributed by atoms with van der Waals surface area (Å²) in [6, 6.07) is 0. The fraction of sp³-hybridized carbons (Fsp3) is 0.923. The minimum absolute atomic E-state index is 0.312. The predicted octanol–water partition coefficient (Wildman–Crippen LogP) is 2.67. The average molecular weight is 228 g/mol. The van der Waals surface area contributed by atoms with Crippen molar-refractivity contribution >= 4 is 5.97 Å². The first-order valence-corrected chi connectivity index (χ1v) is 6.08. The van der Waals surface area contributed by atoms with Gasteiger partial charge in [0.15, 0.2) is 6.10 Å². The first-order chi connectivity index (χ1) is 7.17. The highest BCUT2D eigenvalue weighted by molar-refractivity contribution is 5.73. The lowest BCUT2D eigenvalue weighted by Crippen LogP contribution is -2.43. The number of rotatable bonds is 3. The van der Waals surface area contributed by atoms with E-state index in [9.17, 15) is 9.90 Å². The molecular formula is C13H24O3. The van der Waals surface area contributed by atoms with E-state index in [0.717, 1.165) is 25.7 Å². The van der Waals surface area contributed by atoms with Crippen LogP contribution in [0.4, 0.5) is 0 Å². The van der Waals surface area contributed by atoms with Crippen LogP contribution in [-0.2, 0) is 4.79 Å². The topological polar surface area (TPSA) is 57.5 Å². The summed E-state index contributed by atoms with van der Waals surface area (Å²) in [5, 5.41) is 18.6. The van der Waals surface area contributed by atoms with E-state index < -0.39 is 17.5 Å². The second-order valence-electron chi connectivity index (χ2n) is 6.50. The van der Waals surface area contributed by atoms with Crippen LogP contribution in [0, 0.1) is 16.7 Å². The summed E-state index contributed by atoms with van der Waals surface area (Å²) in [7, 11) is 0. The molecule has 1 rings (SSSR count). The van der Waals surface area contributed by atoms with Crippen LogP contribution in [0.3, 0.4) is 0 Å². The van der Waals surface area contributed by atoms with Crippen LogP contribution in [0.25, 0.3) is 0 Å². The van der Waals surface area contributed by atoms with Gasteiger partial charge >= 0.3 is 5.97 Å². The molecule has 0 spiro atoms. The van der Waals surface area contributed by atoms with E-state index in [2.05, 4.69) is 13.8 Å². The summed E-state index contributed by atoms with van der Waals surface area (Å²) in [6.45, 7) is 8.25. The van der Waals surface area contributed by atoms with Gasteiger partial charge in [-0.1, -0.05) is 27.7 Å². The molecule has 1 saturated carbocycles. The van der Waals surface area contributed by atoms with E-state index >= 15 is 0 Å². The Kier molecular flexibility index (Phi) is 3.68. The maximum atomic E-state index is 10.9. The fourth-order valence-corrected chi connectivity index (χ4v) is 2.68. The van der Waals surface area contributed by atoms with E-state index in [4.69, 9.17) is 5.11 Å². The van der Waals surface area contributed by atoms with Gasteiger partial charge in [0.1, 0.15) is 0 Å². The third kappa shape index (κ3) is 2.76. The molecule has 0 aromatic carbocycles. The SMILES string of the molecule is CC1(C)CCC(C(C)(C)C(O)C(=O)O)CC1. The van der Waals surface area contributed by atoms with Crippen LogP contribution < -0.4 is 0 Å². The van der Waals surface area contributed by atoms with Crippen LogP contribution in [0.1, 0.15) is 53.4 Å². The molecule has 94 valence electrons. The number of aliphatic hydroxyl groups is 1. The Morgan fingerprint density at radius 2 is 1.75 bits per heavy atom. The Morgan fingerprint density at radius 1 is 1.31 bits per heavy atom. The number of aliphatic carboxylic acids is 1. The van der Waals surface area contributed by atoms with Gasteiger partial charge in [0, 0.05) is 5.41 Å². The normalized spacial score (nSPS) is 24.1. The Hall–Kier alpha value is -0.570. The maximum Gasteiger partial charge on any atom is 0.333 e. The Balaban J connectivity index is 2.68. The summed E-state index contributed by atoms with van der Waals surface area (Å²) < 4.78 is 0. The molecule has 16 heavy (non-hydrogen) atoms. The molecule has 3 nitrogen and oxygen atoms in total. The summed E-state index contributed by atoms with van der Waals surface area (Å²) >= 11 is 0. The molecule has 0 bridgehead atoms. The maximum absolute atomic E-state index is 10.9. The highest BCUT2D eigenvalue weighted by Gasteiger charge is 2.42. The molecular weight excluding hydrogens is 204 g/mol. The van der Waals surface area contributed by atoms with Gasteiger partial charge in [-0.2, -0.15) is 0 Å². The van der Waals surface area contributed by atoms with Crippen molar-refractivity contribution in [1.29, 1.82) is 0 Å². The number of carbonyl (C=O) groups is 1. The molecule has 1 aliphatic rings. The van der Waals surface area contributed by atoms with Gasteiger partial charge in [-0.25, -0.2) is 4.79 Å². The van der Waals surface area contributed by atoms with Crippen molar-refractivity contribution < 1.29 is 15.0 Å². The molecule has 1 fully saturated rings. The number of aliphatic hydroxyl groups excluding tert-OH is 1. The number of carboxylic acids is 1. The lowest BCUT2D eigenvalue weighted by molar-refractivity contribution is -0.156. The monoisotopic (exact) mass is 228 g/mol. The quantitative estimate of drug-likeness (QED) is 0.780. The molecule has 0 saturated heterocycles. The van der Waals surface area contributed by atoms with E-state index in [1.165, 1.54) is 0 Å². The molecule has 1 atom stereocenters. The largest absolute Gasteiger partial charge is 0.479 e. The lowest BCUT2D eigenvalue weighted by atomic mass is 9.63. The van der Waals surface area contributed by atoms with E-state index in [1.54, 1.807) is 0 Å². The Bertz CT molecular complexity index is 258. The van der Waals surface area contributed by atoms with Crippen LogP contribution >= 0.6 is 0 Å². The van der Waals surface area contributed by atoms with E-state index in [1.807, 2.05) is 13.8 Å². The third-order valence-corrected chi connectivity index (χ3v) is 4.33. The Morgan fingerprint density at radius 3 is 2.12 bits per heavy atom. The highest BCUT2D eigenvalue weighted by atomic mass is 16.4. The highest BCUT2D eigenvalue weighted by Crippen LogP contribution is 2.46. The van der Waals surface area contributed by atoms with Gasteiger partial charge in [-0.15, -0.1) is 0 Å². The molecule has 0 amide bonds. The van der Waals surface area contributed by atoms with Crippen LogP contribution in [0.2, 0.25) is 0 Å². The van der Waals surface area contributed by atoms with Crippen molar-refractivity contribution in [2.24, 2.45) is 16.7 Å². The van der Waals surface area contributed by atoms with Crippen molar-refractivity contribution in [2.45, 2.75) is 59.5 Å². The van der Waals surface area contributed by atoms with Crippen molar-refractivity contribution in [2.75, 3.05) is 0 Å². The summed E-state index contributed by atoms with van der Waals surface area (Å²) in [4.78, 5) is 10.9. The number of hydrogen-bond donors (Lipinski definition) is 2. The van der Waals surface area contributed by atoms with Crippen LogP contribution in [-0.4, -0.2) is 22.3 Å². The second-order valence-corrected chi connectivity index (χ2v) is 6.50. The molecule has 0 aromatic rings. The number of carboxylic acid groups (broad SMARTS) is 1. The van der Waals surface area contributed by atoms with Gasteiger partial charge in [-0.05, 0) is 37.0 Å². The minimum Gasteiger partial charge on any atom is -0.479 e. The van der Waals surface area contributed by atoms with E-state index in [0.29, 0.717) is 11.3 Å². The third-order valence-electron chi connectivity index (χ3n) is 4.33. The Labute approximate surface area is 97.9 Å². The predicted molar refractivity (Wildman–Crippen MR) is 63.2 cm³/mol. The molecule has 0 heterocycles. The first kappa shape index (κ1) is 13.5.